The van der Waals surface area contributed by atoms with E-state index in [1.165, 1.54) is 6.07 Å². The van der Waals surface area contributed by atoms with Gasteiger partial charge in [0.15, 0.2) is 0 Å². The van der Waals surface area contributed by atoms with E-state index in [4.69, 9.17) is 0 Å². The van der Waals surface area contributed by atoms with E-state index in [1.54, 1.807) is 23.1 Å². The van der Waals surface area contributed by atoms with Crippen molar-refractivity contribution in [2.75, 3.05) is 25.0 Å². The first-order valence-corrected chi connectivity index (χ1v) is 7.96. The first kappa shape index (κ1) is 17.7. The highest BCUT2D eigenvalue weighted by Gasteiger charge is 2.34. The average molecular weight is 334 g/mol. The van der Waals surface area contributed by atoms with E-state index in [-0.39, 0.29) is 36.4 Å². The number of carbonyl (C=O) groups is 2. The van der Waals surface area contributed by atoms with E-state index in [2.05, 4.69) is 10.6 Å². The SMILES string of the molecule is CC(C)C1C(=O)NCCN1C(=O)CCNc1ccccc1[N+](=O)[O-]. The molecular weight excluding hydrogens is 312 g/mol. The maximum absolute atomic E-state index is 12.4. The average Bonchev–Trinajstić information content (AvgIpc) is 2.54. The van der Waals surface area contributed by atoms with Crippen LogP contribution in [0.1, 0.15) is 20.3 Å². The number of benzene rings is 1. The third-order valence-corrected chi connectivity index (χ3v) is 3.96. The van der Waals surface area contributed by atoms with Gasteiger partial charge in [0.25, 0.3) is 5.69 Å². The molecule has 1 aromatic rings. The molecule has 130 valence electrons. The number of nitro benzene ring substituents is 1. The molecule has 1 atom stereocenters. The fourth-order valence-corrected chi connectivity index (χ4v) is 2.86. The van der Waals surface area contributed by atoms with E-state index < -0.39 is 11.0 Å². The molecule has 2 rings (SSSR count). The van der Waals surface area contributed by atoms with Crippen LogP contribution >= 0.6 is 0 Å². The van der Waals surface area contributed by atoms with Crippen molar-refractivity contribution < 1.29 is 14.5 Å². The topological polar surface area (TPSA) is 105 Å². The van der Waals surface area contributed by atoms with Crippen molar-refractivity contribution in [2.24, 2.45) is 5.92 Å². The molecule has 1 aromatic carbocycles. The Labute approximate surface area is 140 Å². The third-order valence-electron chi connectivity index (χ3n) is 3.96. The molecule has 2 amide bonds. The van der Waals surface area contributed by atoms with Crippen LogP contribution in [0.25, 0.3) is 0 Å². The van der Waals surface area contributed by atoms with Crippen LogP contribution in [0, 0.1) is 16.0 Å². The normalized spacial score (nSPS) is 17.5. The van der Waals surface area contributed by atoms with Crippen molar-refractivity contribution in [3.8, 4) is 0 Å². The van der Waals surface area contributed by atoms with Gasteiger partial charge >= 0.3 is 0 Å². The van der Waals surface area contributed by atoms with Crippen molar-refractivity contribution >= 4 is 23.2 Å². The van der Waals surface area contributed by atoms with Crippen LogP contribution in [-0.2, 0) is 9.59 Å². The summed E-state index contributed by atoms with van der Waals surface area (Å²) in [5.41, 5.74) is 0.356. The summed E-state index contributed by atoms with van der Waals surface area (Å²) in [5, 5.41) is 16.7. The van der Waals surface area contributed by atoms with Gasteiger partial charge in [-0.25, -0.2) is 0 Å². The molecule has 1 saturated heterocycles. The van der Waals surface area contributed by atoms with E-state index in [0.717, 1.165) is 0 Å². The molecule has 2 N–H and O–H groups in total. The summed E-state index contributed by atoms with van der Waals surface area (Å²) >= 11 is 0. The molecule has 0 radical (unpaired) electrons. The fraction of sp³-hybridized carbons (Fsp3) is 0.500. The Hall–Kier alpha value is -2.64. The fourth-order valence-electron chi connectivity index (χ4n) is 2.86. The lowest BCUT2D eigenvalue weighted by Crippen LogP contribution is -2.59. The Kier molecular flexibility index (Phi) is 5.73. The number of nitro groups is 1. The predicted octanol–water partition coefficient (Wildman–Crippen LogP) is 1.38. The maximum atomic E-state index is 12.4. The van der Waals surface area contributed by atoms with Crippen LogP contribution in [0.4, 0.5) is 11.4 Å². The quantitative estimate of drug-likeness (QED) is 0.604. The minimum Gasteiger partial charge on any atom is -0.379 e. The van der Waals surface area contributed by atoms with Crippen LogP contribution in [-0.4, -0.2) is 47.3 Å². The molecule has 1 unspecified atom stereocenters. The van der Waals surface area contributed by atoms with Gasteiger partial charge in [-0.15, -0.1) is 0 Å². The van der Waals surface area contributed by atoms with Crippen molar-refractivity contribution in [3.05, 3.63) is 34.4 Å². The van der Waals surface area contributed by atoms with Gasteiger partial charge in [0.2, 0.25) is 11.8 Å². The van der Waals surface area contributed by atoms with Crippen LogP contribution in [0.5, 0.6) is 0 Å². The van der Waals surface area contributed by atoms with Crippen molar-refractivity contribution in [3.63, 3.8) is 0 Å². The van der Waals surface area contributed by atoms with Crippen molar-refractivity contribution in [1.82, 2.24) is 10.2 Å². The molecule has 0 aliphatic carbocycles. The Bertz CT molecular complexity index is 632. The summed E-state index contributed by atoms with van der Waals surface area (Å²) < 4.78 is 0. The molecule has 24 heavy (non-hydrogen) atoms. The van der Waals surface area contributed by atoms with E-state index in [9.17, 15) is 19.7 Å². The highest BCUT2D eigenvalue weighted by atomic mass is 16.6. The van der Waals surface area contributed by atoms with E-state index in [1.807, 2.05) is 13.8 Å². The van der Waals surface area contributed by atoms with Gasteiger partial charge in [0, 0.05) is 32.1 Å². The number of anilines is 1. The number of nitrogens with one attached hydrogen (secondary N) is 2. The monoisotopic (exact) mass is 334 g/mol. The minimum atomic E-state index is -0.464. The number of nitrogens with zero attached hydrogens (tertiary/aromatic N) is 2. The lowest BCUT2D eigenvalue weighted by Gasteiger charge is -2.37. The van der Waals surface area contributed by atoms with Crippen molar-refractivity contribution in [1.29, 1.82) is 0 Å². The lowest BCUT2D eigenvalue weighted by atomic mass is 9.99. The molecule has 0 spiro atoms. The standard InChI is InChI=1S/C16H22N4O4/c1-11(2)15-16(22)18-9-10-19(15)14(21)7-8-17-12-5-3-4-6-13(12)20(23)24/h3-6,11,15,17H,7-10H2,1-2H3,(H,18,22). The Morgan fingerprint density at radius 1 is 1.46 bits per heavy atom. The first-order valence-electron chi connectivity index (χ1n) is 7.96. The lowest BCUT2D eigenvalue weighted by molar-refractivity contribution is -0.384. The Morgan fingerprint density at radius 2 is 2.17 bits per heavy atom. The number of rotatable bonds is 6. The van der Waals surface area contributed by atoms with Crippen LogP contribution in [0.15, 0.2) is 24.3 Å². The highest BCUT2D eigenvalue weighted by molar-refractivity contribution is 5.89. The number of para-hydroxylation sites is 2. The summed E-state index contributed by atoms with van der Waals surface area (Å²) in [7, 11) is 0. The zero-order valence-corrected chi connectivity index (χ0v) is 13.8. The molecule has 0 saturated carbocycles. The van der Waals surface area contributed by atoms with Crippen LogP contribution in [0.2, 0.25) is 0 Å². The second kappa shape index (κ2) is 7.76. The molecule has 0 bridgehead atoms. The molecule has 1 aliphatic rings. The summed E-state index contributed by atoms with van der Waals surface area (Å²) in [5.74, 6) is -0.233. The van der Waals surface area contributed by atoms with Gasteiger partial charge in [-0.1, -0.05) is 26.0 Å². The van der Waals surface area contributed by atoms with Crippen molar-refractivity contribution in [2.45, 2.75) is 26.3 Å². The molecule has 0 aromatic heterocycles. The maximum Gasteiger partial charge on any atom is 0.292 e. The number of piperazine rings is 1. The minimum absolute atomic E-state index is 0.0254. The summed E-state index contributed by atoms with van der Waals surface area (Å²) in [6, 6.07) is 5.84. The zero-order chi connectivity index (χ0) is 17.7. The van der Waals surface area contributed by atoms with Gasteiger partial charge in [-0.3, -0.25) is 19.7 Å². The second-order valence-corrected chi connectivity index (χ2v) is 6.02. The molecule has 1 aliphatic heterocycles. The molecule has 1 fully saturated rings. The van der Waals surface area contributed by atoms with Crippen LogP contribution < -0.4 is 10.6 Å². The van der Waals surface area contributed by atoms with Gasteiger partial charge in [0.1, 0.15) is 11.7 Å². The van der Waals surface area contributed by atoms with Gasteiger partial charge in [0.05, 0.1) is 4.92 Å². The number of hydrogen-bond acceptors (Lipinski definition) is 5. The third kappa shape index (κ3) is 4.01. The largest absolute Gasteiger partial charge is 0.379 e. The highest BCUT2D eigenvalue weighted by Crippen LogP contribution is 2.23. The van der Waals surface area contributed by atoms with Gasteiger partial charge in [-0.05, 0) is 12.0 Å². The molecule has 1 heterocycles. The number of amides is 2. The number of hydrogen-bond donors (Lipinski definition) is 2. The Morgan fingerprint density at radius 3 is 2.83 bits per heavy atom. The summed E-state index contributed by atoms with van der Waals surface area (Å²) in [4.78, 5) is 36.5. The van der Waals surface area contributed by atoms with E-state index >= 15 is 0 Å². The van der Waals surface area contributed by atoms with E-state index in [0.29, 0.717) is 18.8 Å². The second-order valence-electron chi connectivity index (χ2n) is 6.02. The summed E-state index contributed by atoms with van der Waals surface area (Å²) in [6.07, 6.45) is 0.169. The summed E-state index contributed by atoms with van der Waals surface area (Å²) in [6.45, 7) is 5.01. The predicted molar refractivity (Wildman–Crippen MR) is 89.6 cm³/mol. The van der Waals surface area contributed by atoms with Crippen LogP contribution in [0.3, 0.4) is 0 Å². The smallest absolute Gasteiger partial charge is 0.292 e. The number of carbonyl (C=O) groups excluding carboxylic acids is 2. The molecule has 8 heteroatoms. The first-order chi connectivity index (χ1) is 11.4. The van der Waals surface area contributed by atoms with Gasteiger partial charge in [-0.2, -0.15) is 0 Å². The molecular formula is C16H22N4O4. The molecule has 8 nitrogen and oxygen atoms in total. The Balaban J connectivity index is 1.96. The van der Waals surface area contributed by atoms with Gasteiger partial charge < -0.3 is 15.5 Å². The zero-order valence-electron chi connectivity index (χ0n) is 13.8.